The zero-order valence-electron chi connectivity index (χ0n) is 11.1. The van der Waals surface area contributed by atoms with E-state index in [9.17, 15) is 8.42 Å². The van der Waals surface area contributed by atoms with Gasteiger partial charge in [0.25, 0.3) is 0 Å². The number of rotatable bonds is 7. The third kappa shape index (κ3) is 3.62. The maximum Gasteiger partial charge on any atom is 0.240 e. The van der Waals surface area contributed by atoms with Gasteiger partial charge in [0.2, 0.25) is 10.0 Å². The Balaban J connectivity index is 2.06. The summed E-state index contributed by atoms with van der Waals surface area (Å²) in [6.45, 7) is 0.768. The Morgan fingerprint density at radius 1 is 1.30 bits per heavy atom. The molecule has 1 heterocycles. The minimum absolute atomic E-state index is 0.269. The molecule has 108 valence electrons. The van der Waals surface area contributed by atoms with Crippen molar-refractivity contribution < 1.29 is 8.42 Å². The molecular formula is C12H17N5O2S. The first-order valence-corrected chi connectivity index (χ1v) is 7.68. The molecule has 0 amide bonds. The highest BCUT2D eigenvalue weighted by molar-refractivity contribution is 7.89. The molecule has 0 aliphatic heterocycles. The zero-order valence-corrected chi connectivity index (χ0v) is 11.9. The van der Waals surface area contributed by atoms with Crippen LogP contribution in [-0.4, -0.2) is 37.2 Å². The maximum atomic E-state index is 12.3. The number of H-pyrrole nitrogens is 1. The summed E-state index contributed by atoms with van der Waals surface area (Å²) in [7, 11) is -1.74. The van der Waals surface area contributed by atoms with Crippen LogP contribution in [-0.2, 0) is 23.0 Å². The second-order valence-electron chi connectivity index (χ2n) is 4.22. The monoisotopic (exact) mass is 295 g/mol. The summed E-state index contributed by atoms with van der Waals surface area (Å²) in [6, 6.07) is 6.93. The minimum atomic E-state index is -3.52. The number of benzene rings is 1. The molecule has 0 aliphatic rings. The van der Waals surface area contributed by atoms with E-state index in [0.29, 0.717) is 23.7 Å². The van der Waals surface area contributed by atoms with E-state index in [4.69, 9.17) is 0 Å². The van der Waals surface area contributed by atoms with E-state index in [1.165, 1.54) is 6.33 Å². The van der Waals surface area contributed by atoms with Gasteiger partial charge in [0.05, 0.1) is 4.90 Å². The van der Waals surface area contributed by atoms with E-state index in [2.05, 4.69) is 25.2 Å². The Morgan fingerprint density at radius 3 is 2.80 bits per heavy atom. The average molecular weight is 295 g/mol. The van der Waals surface area contributed by atoms with E-state index in [0.717, 1.165) is 5.56 Å². The smallest absolute Gasteiger partial charge is 0.240 e. The van der Waals surface area contributed by atoms with Crippen molar-refractivity contribution in [3.05, 3.63) is 42.0 Å². The molecule has 3 N–H and O–H groups in total. The molecule has 0 fully saturated rings. The Bertz CT molecular complexity index is 640. The van der Waals surface area contributed by atoms with Crippen LogP contribution in [0.5, 0.6) is 0 Å². The van der Waals surface area contributed by atoms with Crippen LogP contribution >= 0.6 is 0 Å². The summed E-state index contributed by atoms with van der Waals surface area (Å²) in [6.07, 6.45) is 1.86. The summed E-state index contributed by atoms with van der Waals surface area (Å²) in [5.74, 6) is 0.649. The van der Waals surface area contributed by atoms with Crippen LogP contribution in [0.3, 0.4) is 0 Å². The Kier molecular flexibility index (Phi) is 4.83. The number of nitrogens with one attached hydrogen (secondary N) is 3. The number of aromatic nitrogens is 3. The Morgan fingerprint density at radius 2 is 2.10 bits per heavy atom. The van der Waals surface area contributed by atoms with Crippen LogP contribution in [0.25, 0.3) is 0 Å². The van der Waals surface area contributed by atoms with Gasteiger partial charge >= 0.3 is 0 Å². The van der Waals surface area contributed by atoms with Crippen LogP contribution < -0.4 is 10.0 Å². The van der Waals surface area contributed by atoms with Gasteiger partial charge in [-0.2, -0.15) is 5.10 Å². The van der Waals surface area contributed by atoms with E-state index < -0.39 is 10.0 Å². The van der Waals surface area contributed by atoms with Gasteiger partial charge in [-0.25, -0.2) is 18.1 Å². The van der Waals surface area contributed by atoms with Gasteiger partial charge in [-0.15, -0.1) is 0 Å². The lowest BCUT2D eigenvalue weighted by molar-refractivity contribution is 0.579. The summed E-state index contributed by atoms with van der Waals surface area (Å²) in [5.41, 5.74) is 0.738. The number of aromatic amines is 1. The minimum Gasteiger partial charge on any atom is -0.316 e. The first-order valence-electron chi connectivity index (χ1n) is 6.20. The maximum absolute atomic E-state index is 12.3. The lowest BCUT2D eigenvalue weighted by Crippen LogP contribution is -2.27. The van der Waals surface area contributed by atoms with Gasteiger partial charge in [0.1, 0.15) is 12.2 Å². The SMILES string of the molecule is CNCc1ccccc1S(=O)(=O)NCCc1ncn[nH]1. The third-order valence-electron chi connectivity index (χ3n) is 2.75. The molecule has 2 aromatic rings. The average Bonchev–Trinajstić information content (AvgIpc) is 2.92. The number of hydrogen-bond donors (Lipinski definition) is 3. The van der Waals surface area contributed by atoms with Gasteiger partial charge < -0.3 is 5.32 Å². The fraction of sp³-hybridized carbons (Fsp3) is 0.333. The van der Waals surface area contributed by atoms with Crippen molar-refractivity contribution in [2.75, 3.05) is 13.6 Å². The predicted molar refractivity (Wildman–Crippen MR) is 74.5 cm³/mol. The van der Waals surface area contributed by atoms with Crippen LogP contribution in [0.15, 0.2) is 35.5 Å². The van der Waals surface area contributed by atoms with Crippen LogP contribution in [0.1, 0.15) is 11.4 Å². The molecule has 0 bridgehead atoms. The fourth-order valence-electron chi connectivity index (χ4n) is 1.84. The molecule has 0 radical (unpaired) electrons. The van der Waals surface area contributed by atoms with Crippen molar-refractivity contribution in [2.24, 2.45) is 0 Å². The largest absolute Gasteiger partial charge is 0.316 e. The quantitative estimate of drug-likeness (QED) is 0.670. The van der Waals surface area contributed by atoms with E-state index in [-0.39, 0.29) is 6.54 Å². The molecule has 1 aromatic carbocycles. The van der Waals surface area contributed by atoms with Crippen molar-refractivity contribution in [1.82, 2.24) is 25.2 Å². The predicted octanol–water partition coefficient (Wildman–Crippen LogP) is 0.0451. The van der Waals surface area contributed by atoms with Crippen molar-refractivity contribution in [1.29, 1.82) is 0 Å². The standard InChI is InChI=1S/C12H17N5O2S/c1-13-8-10-4-2-3-5-11(10)20(18,19)16-7-6-12-14-9-15-17-12/h2-5,9,13,16H,6-8H2,1H3,(H,14,15,17). The second-order valence-corrected chi connectivity index (χ2v) is 5.95. The van der Waals surface area contributed by atoms with Gasteiger partial charge in [-0.05, 0) is 18.7 Å². The molecule has 0 atom stereocenters. The molecule has 0 spiro atoms. The van der Waals surface area contributed by atoms with Crippen molar-refractivity contribution in [2.45, 2.75) is 17.9 Å². The van der Waals surface area contributed by atoms with E-state index in [1.807, 2.05) is 6.07 Å². The second kappa shape index (κ2) is 6.60. The molecule has 8 heteroatoms. The zero-order chi connectivity index (χ0) is 14.4. The van der Waals surface area contributed by atoms with E-state index in [1.54, 1.807) is 25.2 Å². The molecule has 2 rings (SSSR count). The normalized spacial score (nSPS) is 11.7. The van der Waals surface area contributed by atoms with E-state index >= 15 is 0 Å². The highest BCUT2D eigenvalue weighted by atomic mass is 32.2. The molecule has 0 unspecified atom stereocenters. The third-order valence-corrected chi connectivity index (χ3v) is 4.31. The molecule has 0 aliphatic carbocycles. The van der Waals surface area contributed by atoms with Crippen molar-refractivity contribution >= 4 is 10.0 Å². The van der Waals surface area contributed by atoms with Gasteiger partial charge in [-0.1, -0.05) is 18.2 Å². The first kappa shape index (κ1) is 14.6. The van der Waals surface area contributed by atoms with Gasteiger partial charge in [0.15, 0.2) is 0 Å². The van der Waals surface area contributed by atoms with Gasteiger partial charge in [0, 0.05) is 19.5 Å². The highest BCUT2D eigenvalue weighted by Crippen LogP contribution is 2.14. The Labute approximate surface area is 117 Å². The lowest BCUT2D eigenvalue weighted by Gasteiger charge is -2.10. The summed E-state index contributed by atoms with van der Waals surface area (Å²) < 4.78 is 27.1. The van der Waals surface area contributed by atoms with Crippen LogP contribution in [0.2, 0.25) is 0 Å². The molecule has 7 nitrogen and oxygen atoms in total. The van der Waals surface area contributed by atoms with Crippen LogP contribution in [0.4, 0.5) is 0 Å². The lowest BCUT2D eigenvalue weighted by atomic mass is 10.2. The summed E-state index contributed by atoms with van der Waals surface area (Å²) >= 11 is 0. The molecule has 20 heavy (non-hydrogen) atoms. The summed E-state index contributed by atoms with van der Waals surface area (Å²) in [4.78, 5) is 4.24. The van der Waals surface area contributed by atoms with Crippen molar-refractivity contribution in [3.63, 3.8) is 0 Å². The molecular weight excluding hydrogens is 278 g/mol. The van der Waals surface area contributed by atoms with Crippen molar-refractivity contribution in [3.8, 4) is 0 Å². The Hall–Kier alpha value is -1.77. The fourth-order valence-corrected chi connectivity index (χ4v) is 3.10. The van der Waals surface area contributed by atoms with Gasteiger partial charge in [-0.3, -0.25) is 5.10 Å². The molecule has 0 saturated carbocycles. The number of sulfonamides is 1. The highest BCUT2D eigenvalue weighted by Gasteiger charge is 2.17. The number of nitrogens with zero attached hydrogens (tertiary/aromatic N) is 2. The number of hydrogen-bond acceptors (Lipinski definition) is 5. The molecule has 1 aromatic heterocycles. The summed E-state index contributed by atoms with van der Waals surface area (Å²) in [5, 5.41) is 9.36. The van der Waals surface area contributed by atoms with Crippen LogP contribution in [0, 0.1) is 0 Å². The first-order chi connectivity index (χ1) is 9.63. The topological polar surface area (TPSA) is 99.8 Å². The molecule has 0 saturated heterocycles.